The van der Waals surface area contributed by atoms with E-state index in [-0.39, 0.29) is 6.04 Å². The Kier molecular flexibility index (Phi) is 40.6. The third-order valence-corrected chi connectivity index (χ3v) is 6.73. The zero-order valence-electron chi connectivity index (χ0n) is 29.1. The fraction of sp³-hybridized carbons (Fsp3) is 0.833. The van der Waals surface area contributed by atoms with Gasteiger partial charge in [-0.25, -0.2) is 0 Å². The second kappa shape index (κ2) is 37.3. The van der Waals surface area contributed by atoms with Crippen molar-refractivity contribution in [3.63, 3.8) is 0 Å². The number of unbranched alkanes of at least 4 members (excludes halogenated alkanes) is 8. The molecule has 4 nitrogen and oxygen atoms in total. The van der Waals surface area contributed by atoms with Crippen LogP contribution in [0, 0.1) is 6.92 Å². The van der Waals surface area contributed by atoms with Crippen molar-refractivity contribution in [2.75, 3.05) is 39.3 Å². The summed E-state index contributed by atoms with van der Waals surface area (Å²) in [6.07, 6.45) is 18.6. The summed E-state index contributed by atoms with van der Waals surface area (Å²) in [5.41, 5.74) is 9.97. The Morgan fingerprint density at radius 3 is 1.54 bits per heavy atom. The lowest BCUT2D eigenvalue weighted by Crippen LogP contribution is -2.18. The zero-order chi connectivity index (χ0) is 31.6. The van der Waals surface area contributed by atoms with E-state index in [2.05, 4.69) is 66.3 Å². The predicted octanol–water partition coefficient (Wildman–Crippen LogP) is 10.5. The van der Waals surface area contributed by atoms with Gasteiger partial charge in [-0.05, 0) is 93.7 Å². The number of hydrogen-bond acceptors (Lipinski definition) is 5. The SMILES string of the molecule is CC.CCCOCCC.CCCOCCCCCCCCCCCc1cc(C)c(CC(C)N)cc1OC.CCCS. The minimum atomic E-state index is 0.184. The quantitative estimate of drug-likeness (QED) is 0.103. The van der Waals surface area contributed by atoms with Crippen molar-refractivity contribution in [3.8, 4) is 5.75 Å². The Morgan fingerprint density at radius 1 is 0.683 bits per heavy atom. The van der Waals surface area contributed by atoms with Crippen LogP contribution >= 0.6 is 12.6 Å². The van der Waals surface area contributed by atoms with E-state index in [1.807, 2.05) is 13.8 Å². The first-order valence-corrected chi connectivity index (χ1v) is 17.7. The molecule has 1 unspecified atom stereocenters. The van der Waals surface area contributed by atoms with Crippen molar-refractivity contribution in [3.05, 3.63) is 28.8 Å². The first-order valence-electron chi connectivity index (χ1n) is 17.1. The second-order valence-electron chi connectivity index (χ2n) is 10.7. The summed E-state index contributed by atoms with van der Waals surface area (Å²) in [6.45, 7) is 20.5. The largest absolute Gasteiger partial charge is 0.496 e. The molecule has 246 valence electrons. The minimum Gasteiger partial charge on any atom is -0.496 e. The molecule has 0 aromatic heterocycles. The summed E-state index contributed by atoms with van der Waals surface area (Å²) < 4.78 is 16.3. The molecule has 1 aromatic rings. The number of benzene rings is 1. The Hall–Kier alpha value is -0.750. The first-order chi connectivity index (χ1) is 19.9. The molecule has 1 aromatic carbocycles. The van der Waals surface area contributed by atoms with E-state index in [0.29, 0.717) is 0 Å². The summed E-state index contributed by atoms with van der Waals surface area (Å²) in [6, 6.07) is 4.69. The van der Waals surface area contributed by atoms with Crippen LogP contribution in [0.5, 0.6) is 5.75 Å². The van der Waals surface area contributed by atoms with E-state index < -0.39 is 0 Å². The third kappa shape index (κ3) is 32.0. The van der Waals surface area contributed by atoms with Gasteiger partial charge in [-0.2, -0.15) is 12.6 Å². The molecule has 0 heterocycles. The molecule has 1 atom stereocenters. The van der Waals surface area contributed by atoms with Crippen molar-refractivity contribution >= 4 is 12.6 Å². The molecule has 0 amide bonds. The molecule has 5 heteroatoms. The highest BCUT2D eigenvalue weighted by atomic mass is 32.1. The van der Waals surface area contributed by atoms with Gasteiger partial charge in [0.25, 0.3) is 0 Å². The van der Waals surface area contributed by atoms with Crippen LogP contribution in [0.1, 0.15) is 149 Å². The highest BCUT2D eigenvalue weighted by Crippen LogP contribution is 2.26. The van der Waals surface area contributed by atoms with Crippen LogP contribution in [0.4, 0.5) is 0 Å². The van der Waals surface area contributed by atoms with Gasteiger partial charge in [0.1, 0.15) is 5.75 Å². The van der Waals surface area contributed by atoms with E-state index in [0.717, 1.165) is 70.0 Å². The maximum atomic E-state index is 5.97. The van der Waals surface area contributed by atoms with E-state index in [1.165, 1.54) is 80.9 Å². The van der Waals surface area contributed by atoms with E-state index in [4.69, 9.17) is 19.9 Å². The van der Waals surface area contributed by atoms with Gasteiger partial charge in [0.05, 0.1) is 7.11 Å². The molecule has 0 aliphatic rings. The van der Waals surface area contributed by atoms with Gasteiger partial charge in [0.15, 0.2) is 0 Å². The van der Waals surface area contributed by atoms with Gasteiger partial charge in [-0.15, -0.1) is 0 Å². The molecule has 0 saturated carbocycles. The summed E-state index contributed by atoms with van der Waals surface area (Å²) >= 11 is 3.92. The fourth-order valence-electron chi connectivity index (χ4n) is 4.14. The van der Waals surface area contributed by atoms with Crippen LogP contribution in [0.2, 0.25) is 0 Å². The van der Waals surface area contributed by atoms with E-state index >= 15 is 0 Å². The van der Waals surface area contributed by atoms with Crippen LogP contribution in [0.25, 0.3) is 0 Å². The Bertz CT molecular complexity index is 619. The average molecular weight is 600 g/mol. The molecular formula is C36H73NO3S. The molecule has 41 heavy (non-hydrogen) atoms. The van der Waals surface area contributed by atoms with E-state index in [1.54, 1.807) is 7.11 Å². The molecule has 0 fully saturated rings. The van der Waals surface area contributed by atoms with Gasteiger partial charge >= 0.3 is 0 Å². The minimum absolute atomic E-state index is 0.184. The topological polar surface area (TPSA) is 53.7 Å². The van der Waals surface area contributed by atoms with Gasteiger partial charge in [0.2, 0.25) is 0 Å². The number of ether oxygens (including phenoxy) is 3. The number of nitrogens with two attached hydrogens (primary N) is 1. The zero-order valence-corrected chi connectivity index (χ0v) is 30.0. The van der Waals surface area contributed by atoms with Crippen LogP contribution < -0.4 is 10.5 Å². The normalized spacial score (nSPS) is 10.9. The molecule has 0 radical (unpaired) electrons. The van der Waals surface area contributed by atoms with Crippen LogP contribution in [0.3, 0.4) is 0 Å². The van der Waals surface area contributed by atoms with Gasteiger partial charge < -0.3 is 19.9 Å². The maximum absolute atomic E-state index is 5.97. The van der Waals surface area contributed by atoms with Gasteiger partial charge in [-0.1, -0.05) is 92.6 Å². The Balaban J connectivity index is -0.000000926. The lowest BCUT2D eigenvalue weighted by molar-refractivity contribution is 0.130. The number of methoxy groups -OCH3 is 1. The number of rotatable bonds is 22. The smallest absolute Gasteiger partial charge is 0.122 e. The van der Waals surface area contributed by atoms with Gasteiger partial charge in [-0.3, -0.25) is 0 Å². The number of aryl methyl sites for hydroxylation is 2. The predicted molar refractivity (Wildman–Crippen MR) is 188 cm³/mol. The fourth-order valence-corrected chi connectivity index (χ4v) is 4.14. The molecule has 0 saturated heterocycles. The van der Waals surface area contributed by atoms with Crippen LogP contribution in [-0.4, -0.2) is 45.3 Å². The van der Waals surface area contributed by atoms with Crippen molar-refractivity contribution in [2.24, 2.45) is 5.73 Å². The molecule has 0 bridgehead atoms. The van der Waals surface area contributed by atoms with Crippen molar-refractivity contribution in [1.29, 1.82) is 0 Å². The monoisotopic (exact) mass is 600 g/mol. The summed E-state index contributed by atoms with van der Waals surface area (Å²) in [7, 11) is 1.78. The molecule has 1 rings (SSSR count). The second-order valence-corrected chi connectivity index (χ2v) is 11.1. The molecule has 2 N–H and O–H groups in total. The third-order valence-electron chi connectivity index (χ3n) is 6.28. The number of thiol groups is 1. The van der Waals surface area contributed by atoms with Crippen molar-refractivity contribution < 1.29 is 14.2 Å². The lowest BCUT2D eigenvalue weighted by Gasteiger charge is -2.15. The maximum Gasteiger partial charge on any atom is 0.122 e. The molecule has 0 aliphatic carbocycles. The summed E-state index contributed by atoms with van der Waals surface area (Å²) in [5.74, 6) is 2.05. The van der Waals surface area contributed by atoms with Gasteiger partial charge in [0, 0.05) is 32.5 Å². The summed E-state index contributed by atoms with van der Waals surface area (Å²) in [4.78, 5) is 0. The first kappa shape index (κ1) is 44.7. The Morgan fingerprint density at radius 2 is 1.12 bits per heavy atom. The molecule has 0 aliphatic heterocycles. The standard InChI is InChI=1S/C25H45NO2.C6H14O.C3H8S.C2H6/c1-5-16-28-17-14-12-10-8-6-7-9-11-13-15-23-18-21(2)24(19-22(3)26)20-25(23)27-4;1-3-5-7-6-4-2;1-2-3-4;1-2/h18,20,22H,5-17,19,26H2,1-4H3;3-6H2,1-2H3;4H,2-3H2,1H3;1-2H3. The molecular weight excluding hydrogens is 526 g/mol. The van der Waals surface area contributed by atoms with Crippen molar-refractivity contribution in [1.82, 2.24) is 0 Å². The highest BCUT2D eigenvalue weighted by molar-refractivity contribution is 7.80. The average Bonchev–Trinajstić information content (AvgIpc) is 2.98. The van der Waals surface area contributed by atoms with Crippen LogP contribution in [0.15, 0.2) is 12.1 Å². The number of hydrogen-bond donors (Lipinski definition) is 2. The summed E-state index contributed by atoms with van der Waals surface area (Å²) in [5, 5.41) is 0. The lowest BCUT2D eigenvalue weighted by atomic mass is 9.96. The van der Waals surface area contributed by atoms with E-state index in [9.17, 15) is 0 Å². The molecule has 0 spiro atoms. The van der Waals surface area contributed by atoms with Crippen molar-refractivity contribution in [2.45, 2.75) is 158 Å². The Labute approximate surface area is 263 Å². The van der Waals surface area contributed by atoms with Crippen LogP contribution in [-0.2, 0) is 22.3 Å². The highest BCUT2D eigenvalue weighted by Gasteiger charge is 2.09.